The van der Waals surface area contributed by atoms with Gasteiger partial charge in [0.25, 0.3) is 0 Å². The Morgan fingerprint density at radius 1 is 1.55 bits per heavy atom. The molecule has 1 aliphatic heterocycles. The molecule has 0 aliphatic carbocycles. The number of carbonyl (C=O) groups excluding carboxylic acids is 1. The molecule has 0 unspecified atom stereocenters. The Bertz CT molecular complexity index is 648. The summed E-state index contributed by atoms with van der Waals surface area (Å²) >= 11 is 0. The van der Waals surface area contributed by atoms with Crippen molar-refractivity contribution in [2.24, 2.45) is 13.0 Å². The van der Waals surface area contributed by atoms with Crippen molar-refractivity contribution >= 4 is 5.91 Å². The number of amides is 1. The quantitative estimate of drug-likeness (QED) is 0.890. The Morgan fingerprint density at radius 2 is 2.41 bits per heavy atom. The number of H-pyrrole nitrogens is 1. The molecule has 3 heterocycles. The Kier molecular flexibility index (Phi) is 4.24. The Hall–Kier alpha value is -2.15. The lowest BCUT2D eigenvalue weighted by atomic mass is 9.90. The molecule has 3 rings (SSSR count). The largest absolute Gasteiger partial charge is 0.373 e. The molecule has 7 heteroatoms. The Labute approximate surface area is 129 Å². The average molecular weight is 303 g/mol. The maximum absolute atomic E-state index is 12.5. The van der Waals surface area contributed by atoms with Gasteiger partial charge in [-0.25, -0.2) is 0 Å². The number of hydrogen-bond donors (Lipinski definition) is 2. The van der Waals surface area contributed by atoms with Gasteiger partial charge in [0.05, 0.1) is 24.4 Å². The zero-order valence-corrected chi connectivity index (χ0v) is 12.9. The van der Waals surface area contributed by atoms with E-state index in [9.17, 15) is 4.79 Å². The van der Waals surface area contributed by atoms with Gasteiger partial charge in [0.15, 0.2) is 0 Å². The number of aryl methyl sites for hydroxylation is 2. The van der Waals surface area contributed by atoms with Crippen molar-refractivity contribution in [2.75, 3.05) is 6.61 Å². The summed E-state index contributed by atoms with van der Waals surface area (Å²) in [6.45, 7) is 3.11. The Balaban J connectivity index is 1.67. The van der Waals surface area contributed by atoms with Crippen molar-refractivity contribution in [1.82, 2.24) is 25.3 Å². The van der Waals surface area contributed by atoms with Gasteiger partial charge < -0.3 is 10.1 Å². The zero-order chi connectivity index (χ0) is 15.5. The molecule has 1 amide bonds. The van der Waals surface area contributed by atoms with Crippen LogP contribution in [0.4, 0.5) is 0 Å². The van der Waals surface area contributed by atoms with Crippen LogP contribution in [-0.4, -0.2) is 32.5 Å². The average Bonchev–Trinajstić information content (AvgIpc) is 3.13. The zero-order valence-electron chi connectivity index (χ0n) is 12.9. The van der Waals surface area contributed by atoms with Crippen LogP contribution in [0.1, 0.15) is 35.8 Å². The predicted molar refractivity (Wildman–Crippen MR) is 79.8 cm³/mol. The number of rotatable bonds is 4. The second kappa shape index (κ2) is 6.31. The first-order valence-corrected chi connectivity index (χ1v) is 7.52. The molecule has 2 aromatic heterocycles. The highest BCUT2D eigenvalue weighted by Gasteiger charge is 2.33. The van der Waals surface area contributed by atoms with E-state index in [-0.39, 0.29) is 17.9 Å². The van der Waals surface area contributed by atoms with Gasteiger partial charge in [-0.2, -0.15) is 10.2 Å². The van der Waals surface area contributed by atoms with Crippen LogP contribution in [0.5, 0.6) is 0 Å². The lowest BCUT2D eigenvalue weighted by Crippen LogP contribution is -2.37. The van der Waals surface area contributed by atoms with E-state index >= 15 is 0 Å². The summed E-state index contributed by atoms with van der Waals surface area (Å²) in [4.78, 5) is 12.5. The fraction of sp³-hybridized carbons (Fsp3) is 0.533. The van der Waals surface area contributed by atoms with Crippen LogP contribution in [0.3, 0.4) is 0 Å². The molecule has 7 nitrogen and oxygen atoms in total. The van der Waals surface area contributed by atoms with E-state index in [1.54, 1.807) is 17.1 Å². The van der Waals surface area contributed by atoms with Crippen molar-refractivity contribution in [2.45, 2.75) is 32.4 Å². The summed E-state index contributed by atoms with van der Waals surface area (Å²) < 4.78 is 7.57. The maximum atomic E-state index is 12.5. The summed E-state index contributed by atoms with van der Waals surface area (Å²) in [7, 11) is 1.86. The molecule has 0 radical (unpaired) electrons. The molecule has 1 saturated heterocycles. The second-order valence-corrected chi connectivity index (χ2v) is 5.73. The fourth-order valence-electron chi connectivity index (χ4n) is 2.83. The van der Waals surface area contributed by atoms with Crippen molar-refractivity contribution < 1.29 is 9.53 Å². The van der Waals surface area contributed by atoms with Crippen molar-refractivity contribution in [3.63, 3.8) is 0 Å². The second-order valence-electron chi connectivity index (χ2n) is 5.73. The number of carbonyl (C=O) groups is 1. The third-order valence-corrected chi connectivity index (χ3v) is 4.10. The number of aromatic nitrogens is 4. The number of ether oxygens (including phenoxy) is 1. The molecule has 118 valence electrons. The van der Waals surface area contributed by atoms with Gasteiger partial charge in [0, 0.05) is 43.2 Å². The van der Waals surface area contributed by atoms with Gasteiger partial charge in [0.1, 0.15) is 0 Å². The van der Waals surface area contributed by atoms with E-state index in [1.165, 1.54) is 0 Å². The number of nitrogens with one attached hydrogen (secondary N) is 2. The number of nitrogens with zero attached hydrogens (tertiary/aromatic N) is 3. The van der Waals surface area contributed by atoms with E-state index in [0.717, 1.165) is 29.7 Å². The molecule has 0 aromatic carbocycles. The van der Waals surface area contributed by atoms with Gasteiger partial charge in [-0.05, 0) is 19.8 Å². The van der Waals surface area contributed by atoms with Gasteiger partial charge in [0.2, 0.25) is 5.91 Å². The minimum absolute atomic E-state index is 0.0224. The summed E-state index contributed by atoms with van der Waals surface area (Å²) in [5.41, 5.74) is 2.94. The number of aromatic amines is 1. The van der Waals surface area contributed by atoms with E-state index in [1.807, 2.05) is 20.2 Å². The monoisotopic (exact) mass is 303 g/mol. The highest BCUT2D eigenvalue weighted by Crippen LogP contribution is 2.33. The molecule has 2 aromatic rings. The summed E-state index contributed by atoms with van der Waals surface area (Å²) in [6, 6.07) is 0. The normalized spacial score (nSPS) is 21.7. The van der Waals surface area contributed by atoms with E-state index in [4.69, 9.17) is 4.74 Å². The van der Waals surface area contributed by atoms with Gasteiger partial charge in [-0.1, -0.05) is 0 Å². The maximum Gasteiger partial charge on any atom is 0.226 e. The highest BCUT2D eigenvalue weighted by molar-refractivity contribution is 5.79. The summed E-state index contributed by atoms with van der Waals surface area (Å²) in [5.74, 6) is -0.153. The third-order valence-electron chi connectivity index (χ3n) is 4.10. The van der Waals surface area contributed by atoms with Crippen LogP contribution in [-0.2, 0) is 23.1 Å². The van der Waals surface area contributed by atoms with Crippen LogP contribution >= 0.6 is 0 Å². The van der Waals surface area contributed by atoms with E-state index < -0.39 is 0 Å². The van der Waals surface area contributed by atoms with Crippen molar-refractivity contribution in [3.8, 4) is 0 Å². The minimum atomic E-state index is -0.215. The predicted octanol–water partition coefficient (Wildman–Crippen LogP) is 1.24. The first kappa shape index (κ1) is 14.8. The Morgan fingerprint density at radius 3 is 3.09 bits per heavy atom. The SMILES string of the molecule is Cc1[nH]ncc1CNC(=O)[C@@H]1CCCO[C@H]1c1cnn(C)c1. The smallest absolute Gasteiger partial charge is 0.226 e. The van der Waals surface area contributed by atoms with E-state index in [0.29, 0.717) is 13.2 Å². The van der Waals surface area contributed by atoms with Crippen LogP contribution in [0, 0.1) is 12.8 Å². The van der Waals surface area contributed by atoms with Crippen molar-refractivity contribution in [3.05, 3.63) is 35.4 Å². The molecule has 0 spiro atoms. The van der Waals surface area contributed by atoms with Crippen LogP contribution in [0.25, 0.3) is 0 Å². The molecule has 0 saturated carbocycles. The van der Waals surface area contributed by atoms with Gasteiger partial charge in [-0.15, -0.1) is 0 Å². The molecule has 1 aliphatic rings. The first-order chi connectivity index (χ1) is 10.6. The molecule has 2 N–H and O–H groups in total. The van der Waals surface area contributed by atoms with Crippen LogP contribution < -0.4 is 5.32 Å². The molecule has 1 fully saturated rings. The lowest BCUT2D eigenvalue weighted by Gasteiger charge is -2.30. The lowest BCUT2D eigenvalue weighted by molar-refractivity contribution is -0.134. The highest BCUT2D eigenvalue weighted by atomic mass is 16.5. The molecular formula is C15H21N5O2. The number of hydrogen-bond acceptors (Lipinski definition) is 4. The minimum Gasteiger partial charge on any atom is -0.373 e. The van der Waals surface area contributed by atoms with Crippen molar-refractivity contribution in [1.29, 1.82) is 0 Å². The van der Waals surface area contributed by atoms with E-state index in [2.05, 4.69) is 20.6 Å². The third kappa shape index (κ3) is 3.04. The van der Waals surface area contributed by atoms with Gasteiger partial charge >= 0.3 is 0 Å². The fourth-order valence-corrected chi connectivity index (χ4v) is 2.83. The summed E-state index contributed by atoms with van der Waals surface area (Å²) in [5, 5.41) is 14.0. The first-order valence-electron chi connectivity index (χ1n) is 7.52. The molecule has 22 heavy (non-hydrogen) atoms. The standard InChI is InChI=1S/C15H21N5O2/c1-10-11(7-17-19-10)6-16-15(21)13-4-3-5-22-14(13)12-8-18-20(2)9-12/h7-9,13-14H,3-6H2,1-2H3,(H,16,21)(H,17,19)/t13-,14+/m1/s1. The molecular weight excluding hydrogens is 282 g/mol. The van der Waals surface area contributed by atoms with Crippen LogP contribution in [0.2, 0.25) is 0 Å². The summed E-state index contributed by atoms with van der Waals surface area (Å²) in [6.07, 6.45) is 6.95. The molecule has 0 bridgehead atoms. The molecule has 2 atom stereocenters. The van der Waals surface area contributed by atoms with Crippen LogP contribution in [0.15, 0.2) is 18.6 Å². The topological polar surface area (TPSA) is 84.8 Å². The van der Waals surface area contributed by atoms with Gasteiger partial charge in [-0.3, -0.25) is 14.6 Å².